The molecule has 0 radical (unpaired) electrons. The quantitative estimate of drug-likeness (QED) is 0.715. The largest absolute Gasteiger partial charge is 0.342 e. The van der Waals surface area contributed by atoms with Crippen molar-refractivity contribution in [2.45, 2.75) is 32.6 Å². The Morgan fingerprint density at radius 1 is 1.57 bits per heavy atom. The normalized spacial score (nSPS) is 30.1. The Labute approximate surface area is 85.6 Å². The Balaban J connectivity index is 1.93. The first-order valence-corrected chi connectivity index (χ1v) is 5.65. The molecule has 2 fully saturated rings. The number of piperidine rings is 1. The third kappa shape index (κ3) is 1.78. The Morgan fingerprint density at radius 3 is 2.86 bits per heavy atom. The van der Waals surface area contributed by atoms with Gasteiger partial charge >= 0.3 is 0 Å². The molecule has 0 unspecified atom stereocenters. The van der Waals surface area contributed by atoms with Crippen LogP contribution in [-0.4, -0.2) is 30.4 Å². The van der Waals surface area contributed by atoms with Crippen molar-refractivity contribution in [3.8, 4) is 0 Å². The van der Waals surface area contributed by atoms with Crippen LogP contribution in [0.3, 0.4) is 0 Å². The lowest BCUT2D eigenvalue weighted by molar-refractivity contribution is -0.138. The van der Waals surface area contributed by atoms with Gasteiger partial charge in [0.1, 0.15) is 0 Å². The summed E-state index contributed by atoms with van der Waals surface area (Å²) in [6.07, 6.45) is 4.48. The summed E-state index contributed by atoms with van der Waals surface area (Å²) in [4.78, 5) is 14.1. The molecule has 0 aromatic heterocycles. The van der Waals surface area contributed by atoms with E-state index in [4.69, 9.17) is 5.73 Å². The predicted octanol–water partition coefficient (Wildman–Crippen LogP) is 0.984. The smallest absolute Gasteiger partial charge is 0.228 e. The fraction of sp³-hybridized carbons (Fsp3) is 0.909. The molecule has 80 valence electrons. The van der Waals surface area contributed by atoms with Gasteiger partial charge in [-0.3, -0.25) is 4.79 Å². The average Bonchev–Trinajstić information content (AvgIpc) is 2.97. The lowest BCUT2D eigenvalue weighted by atomic mass is 9.96. The molecule has 0 aromatic rings. The molecule has 3 heteroatoms. The van der Waals surface area contributed by atoms with E-state index in [9.17, 15) is 4.79 Å². The lowest BCUT2D eigenvalue weighted by Gasteiger charge is -2.34. The number of hydrogen-bond acceptors (Lipinski definition) is 2. The standard InChI is InChI=1S/C11H20N2O/c1-11(4-5-11)10(14)13-6-2-3-9(7-12)8-13/h9H,2-8,12H2,1H3/t9-/m1/s1. The fourth-order valence-corrected chi connectivity index (χ4v) is 2.22. The minimum atomic E-state index is -0.00348. The second kappa shape index (κ2) is 3.54. The van der Waals surface area contributed by atoms with E-state index in [2.05, 4.69) is 6.92 Å². The van der Waals surface area contributed by atoms with Gasteiger partial charge in [-0.15, -0.1) is 0 Å². The summed E-state index contributed by atoms with van der Waals surface area (Å²) in [5.74, 6) is 0.908. The molecule has 0 bridgehead atoms. The molecule has 1 saturated carbocycles. The van der Waals surface area contributed by atoms with Crippen molar-refractivity contribution < 1.29 is 4.79 Å². The summed E-state index contributed by atoms with van der Waals surface area (Å²) < 4.78 is 0. The highest BCUT2D eigenvalue weighted by Gasteiger charge is 2.47. The van der Waals surface area contributed by atoms with Crippen LogP contribution in [0.4, 0.5) is 0 Å². The molecule has 1 amide bonds. The lowest BCUT2D eigenvalue weighted by Crippen LogP contribution is -2.44. The number of amides is 1. The van der Waals surface area contributed by atoms with Gasteiger partial charge in [-0.1, -0.05) is 6.92 Å². The Kier molecular flexibility index (Phi) is 2.52. The second-order valence-corrected chi connectivity index (χ2v) is 5.06. The van der Waals surface area contributed by atoms with Crippen molar-refractivity contribution in [3.63, 3.8) is 0 Å². The summed E-state index contributed by atoms with van der Waals surface area (Å²) >= 11 is 0. The van der Waals surface area contributed by atoms with Gasteiger partial charge in [0.25, 0.3) is 0 Å². The molecule has 2 aliphatic rings. The van der Waals surface area contributed by atoms with Gasteiger partial charge in [0.15, 0.2) is 0 Å². The summed E-state index contributed by atoms with van der Waals surface area (Å²) in [5.41, 5.74) is 5.65. The van der Waals surface area contributed by atoms with Crippen LogP contribution in [0.1, 0.15) is 32.6 Å². The molecule has 1 saturated heterocycles. The van der Waals surface area contributed by atoms with E-state index in [0.29, 0.717) is 11.8 Å². The number of hydrogen-bond donors (Lipinski definition) is 1. The molecule has 0 spiro atoms. The SMILES string of the molecule is CC1(C(=O)N2CCC[C@H](CN)C2)CC1. The number of nitrogens with two attached hydrogens (primary N) is 1. The highest BCUT2D eigenvalue weighted by molar-refractivity contribution is 5.85. The van der Waals surface area contributed by atoms with Gasteiger partial charge in [0, 0.05) is 18.5 Å². The van der Waals surface area contributed by atoms with E-state index >= 15 is 0 Å². The van der Waals surface area contributed by atoms with Crippen LogP contribution in [0.25, 0.3) is 0 Å². The topological polar surface area (TPSA) is 46.3 Å². The number of carbonyl (C=O) groups excluding carboxylic acids is 1. The summed E-state index contributed by atoms with van der Waals surface area (Å²) in [6.45, 7) is 4.65. The first-order chi connectivity index (χ1) is 6.65. The molecule has 2 rings (SSSR count). The van der Waals surface area contributed by atoms with Crippen LogP contribution in [0.2, 0.25) is 0 Å². The maximum absolute atomic E-state index is 12.0. The summed E-state index contributed by atoms with van der Waals surface area (Å²) in [5, 5.41) is 0. The molecule has 1 aliphatic heterocycles. The third-order valence-corrected chi connectivity index (χ3v) is 3.66. The molecular formula is C11H20N2O. The first kappa shape index (κ1) is 9.97. The summed E-state index contributed by atoms with van der Waals surface area (Å²) in [7, 11) is 0. The highest BCUT2D eigenvalue weighted by Crippen LogP contribution is 2.46. The van der Waals surface area contributed by atoms with E-state index < -0.39 is 0 Å². The predicted molar refractivity (Wildman–Crippen MR) is 55.7 cm³/mol. The maximum Gasteiger partial charge on any atom is 0.228 e. The zero-order valence-electron chi connectivity index (χ0n) is 8.96. The fourth-order valence-electron chi connectivity index (χ4n) is 2.22. The maximum atomic E-state index is 12.0. The van der Waals surface area contributed by atoms with Crippen LogP contribution < -0.4 is 5.73 Å². The van der Waals surface area contributed by atoms with Crippen LogP contribution in [0.5, 0.6) is 0 Å². The second-order valence-electron chi connectivity index (χ2n) is 5.06. The number of nitrogens with zero attached hydrogens (tertiary/aromatic N) is 1. The van der Waals surface area contributed by atoms with E-state index in [-0.39, 0.29) is 5.41 Å². The summed E-state index contributed by atoms with van der Waals surface area (Å²) in [6, 6.07) is 0. The molecule has 2 N–H and O–H groups in total. The van der Waals surface area contributed by atoms with Gasteiger partial charge in [0.05, 0.1) is 0 Å². The van der Waals surface area contributed by atoms with Crippen molar-refractivity contribution in [2.24, 2.45) is 17.1 Å². The first-order valence-electron chi connectivity index (χ1n) is 5.65. The average molecular weight is 196 g/mol. The van der Waals surface area contributed by atoms with Crippen LogP contribution in [0.15, 0.2) is 0 Å². The van der Waals surface area contributed by atoms with Crippen molar-refractivity contribution >= 4 is 5.91 Å². The molecule has 1 heterocycles. The third-order valence-electron chi connectivity index (χ3n) is 3.66. The zero-order chi connectivity index (χ0) is 10.2. The number of rotatable bonds is 2. The molecule has 3 nitrogen and oxygen atoms in total. The molecule has 14 heavy (non-hydrogen) atoms. The van der Waals surface area contributed by atoms with Crippen LogP contribution in [-0.2, 0) is 4.79 Å². The highest BCUT2D eigenvalue weighted by atomic mass is 16.2. The van der Waals surface area contributed by atoms with Crippen molar-refractivity contribution in [3.05, 3.63) is 0 Å². The molecule has 1 atom stereocenters. The number of likely N-dealkylation sites (tertiary alicyclic amines) is 1. The Morgan fingerprint density at radius 2 is 2.29 bits per heavy atom. The van der Waals surface area contributed by atoms with Crippen LogP contribution in [0, 0.1) is 11.3 Å². The minimum absolute atomic E-state index is 0.00348. The van der Waals surface area contributed by atoms with Crippen molar-refractivity contribution in [1.29, 1.82) is 0 Å². The van der Waals surface area contributed by atoms with Gasteiger partial charge in [-0.2, -0.15) is 0 Å². The van der Waals surface area contributed by atoms with Gasteiger partial charge < -0.3 is 10.6 Å². The van der Waals surface area contributed by atoms with Gasteiger partial charge in [0.2, 0.25) is 5.91 Å². The minimum Gasteiger partial charge on any atom is -0.342 e. The molecule has 0 aromatic carbocycles. The Bertz CT molecular complexity index is 235. The molecule has 1 aliphatic carbocycles. The number of carbonyl (C=O) groups is 1. The monoisotopic (exact) mass is 196 g/mol. The van der Waals surface area contributed by atoms with Crippen molar-refractivity contribution in [1.82, 2.24) is 4.90 Å². The van der Waals surface area contributed by atoms with E-state index in [1.54, 1.807) is 0 Å². The van der Waals surface area contributed by atoms with Crippen LogP contribution >= 0.6 is 0 Å². The van der Waals surface area contributed by atoms with Gasteiger partial charge in [-0.25, -0.2) is 0 Å². The Hall–Kier alpha value is -0.570. The van der Waals surface area contributed by atoms with E-state index in [1.807, 2.05) is 4.90 Å². The molecular weight excluding hydrogens is 176 g/mol. The van der Waals surface area contributed by atoms with Gasteiger partial charge in [-0.05, 0) is 38.1 Å². The zero-order valence-corrected chi connectivity index (χ0v) is 8.96. The van der Waals surface area contributed by atoms with E-state index in [0.717, 1.165) is 38.9 Å². The van der Waals surface area contributed by atoms with Crippen molar-refractivity contribution in [2.75, 3.05) is 19.6 Å². The van der Waals surface area contributed by atoms with E-state index in [1.165, 1.54) is 6.42 Å².